The van der Waals surface area contributed by atoms with Crippen LogP contribution in [-0.2, 0) is 4.79 Å². The van der Waals surface area contributed by atoms with Crippen LogP contribution in [0.5, 0.6) is 11.5 Å². The third kappa shape index (κ3) is 2.22. The van der Waals surface area contributed by atoms with Gasteiger partial charge in [-0.25, -0.2) is 0 Å². The number of oxime groups is 1. The molecule has 0 unspecified atom stereocenters. The van der Waals surface area contributed by atoms with E-state index in [4.69, 9.17) is 14.7 Å². The van der Waals surface area contributed by atoms with Crippen LogP contribution in [0.3, 0.4) is 0 Å². The summed E-state index contributed by atoms with van der Waals surface area (Å²) in [5, 5.41) is 13.3. The van der Waals surface area contributed by atoms with Gasteiger partial charge < -0.3 is 20.0 Å². The summed E-state index contributed by atoms with van der Waals surface area (Å²) < 4.78 is 10.7. The molecule has 2 rings (SSSR count). The van der Waals surface area contributed by atoms with Crippen LogP contribution in [0.25, 0.3) is 0 Å². The van der Waals surface area contributed by atoms with E-state index in [1.54, 1.807) is 18.2 Å². The van der Waals surface area contributed by atoms with Gasteiger partial charge in [-0.1, -0.05) is 5.16 Å². The van der Waals surface area contributed by atoms with Gasteiger partial charge in [0, 0.05) is 11.8 Å². The van der Waals surface area contributed by atoms with E-state index in [0.29, 0.717) is 30.4 Å². The van der Waals surface area contributed by atoms with Crippen LogP contribution >= 0.6 is 0 Å². The molecule has 0 atom stereocenters. The predicted molar refractivity (Wildman–Crippen MR) is 56.3 cm³/mol. The minimum Gasteiger partial charge on any atom is -0.486 e. The molecule has 0 radical (unpaired) electrons. The molecule has 0 aromatic heterocycles. The lowest BCUT2D eigenvalue weighted by Gasteiger charge is -2.18. The van der Waals surface area contributed by atoms with Gasteiger partial charge in [0.1, 0.15) is 19.4 Å². The molecule has 6 heteroatoms. The van der Waals surface area contributed by atoms with Crippen LogP contribution in [0, 0.1) is 0 Å². The van der Waals surface area contributed by atoms with Crippen molar-refractivity contribution >= 4 is 17.8 Å². The quantitative estimate of drug-likeness (QED) is 0.441. The third-order valence-corrected chi connectivity index (χ3v) is 1.98. The molecule has 16 heavy (non-hydrogen) atoms. The van der Waals surface area contributed by atoms with E-state index in [1.165, 1.54) is 0 Å². The largest absolute Gasteiger partial charge is 0.486 e. The van der Waals surface area contributed by atoms with Gasteiger partial charge in [0.2, 0.25) is 0 Å². The van der Waals surface area contributed by atoms with E-state index in [1.807, 2.05) is 0 Å². The minimum atomic E-state index is -0.515. The van der Waals surface area contributed by atoms with E-state index in [0.717, 1.165) is 6.21 Å². The summed E-state index contributed by atoms with van der Waals surface area (Å²) in [6, 6.07) is 5.04. The lowest BCUT2D eigenvalue weighted by molar-refractivity contribution is -0.110. The maximum atomic E-state index is 11.1. The van der Waals surface area contributed by atoms with Crippen LogP contribution < -0.4 is 14.8 Å². The van der Waals surface area contributed by atoms with Gasteiger partial charge in [-0.2, -0.15) is 0 Å². The highest BCUT2D eigenvalue weighted by Gasteiger charge is 2.12. The average Bonchev–Trinajstić information content (AvgIpc) is 2.29. The number of nitrogens with zero attached hydrogens (tertiary/aromatic N) is 1. The van der Waals surface area contributed by atoms with Gasteiger partial charge in [-0.3, -0.25) is 4.79 Å². The molecule has 84 valence electrons. The monoisotopic (exact) mass is 222 g/mol. The van der Waals surface area contributed by atoms with Crippen molar-refractivity contribution in [2.45, 2.75) is 0 Å². The second-order valence-electron chi connectivity index (χ2n) is 3.09. The topological polar surface area (TPSA) is 80.2 Å². The molecule has 1 aromatic rings. The van der Waals surface area contributed by atoms with Crippen LogP contribution in [0.4, 0.5) is 5.69 Å². The van der Waals surface area contributed by atoms with E-state index >= 15 is 0 Å². The number of fused-ring (bicyclic) bond motifs is 1. The maximum absolute atomic E-state index is 11.1. The zero-order valence-electron chi connectivity index (χ0n) is 8.34. The summed E-state index contributed by atoms with van der Waals surface area (Å²) in [6.07, 6.45) is 0.775. The van der Waals surface area contributed by atoms with Gasteiger partial charge >= 0.3 is 0 Å². The zero-order valence-corrected chi connectivity index (χ0v) is 8.34. The van der Waals surface area contributed by atoms with Crippen LogP contribution in [0.2, 0.25) is 0 Å². The highest BCUT2D eigenvalue weighted by atomic mass is 16.6. The Kier molecular flexibility index (Phi) is 2.90. The second-order valence-corrected chi connectivity index (χ2v) is 3.09. The van der Waals surface area contributed by atoms with E-state index in [9.17, 15) is 4.79 Å². The first-order valence-corrected chi connectivity index (χ1v) is 4.67. The Balaban J connectivity index is 2.14. The number of rotatable bonds is 2. The zero-order chi connectivity index (χ0) is 11.4. The Morgan fingerprint density at radius 1 is 1.38 bits per heavy atom. The van der Waals surface area contributed by atoms with E-state index < -0.39 is 5.91 Å². The highest BCUT2D eigenvalue weighted by Crippen LogP contribution is 2.32. The standard InChI is InChI=1S/C10H10N2O4/c13-10(6-11-14)12-7-1-2-8-9(5-7)16-4-3-15-8/h1-2,5-6,14H,3-4H2,(H,12,13). The summed E-state index contributed by atoms with van der Waals surface area (Å²) in [6.45, 7) is 1.01. The molecule has 0 spiro atoms. The van der Waals surface area contributed by atoms with Gasteiger partial charge in [0.15, 0.2) is 11.5 Å². The first-order valence-electron chi connectivity index (χ1n) is 4.67. The molecule has 0 aliphatic carbocycles. The number of benzene rings is 1. The molecule has 0 bridgehead atoms. The van der Waals surface area contributed by atoms with Crippen LogP contribution in [0.15, 0.2) is 23.4 Å². The molecule has 0 fully saturated rings. The Bertz CT molecular complexity index is 431. The first-order chi connectivity index (χ1) is 7.79. The van der Waals surface area contributed by atoms with Crippen LogP contribution in [0.1, 0.15) is 0 Å². The molecule has 2 N–H and O–H groups in total. The summed E-state index contributed by atoms with van der Waals surface area (Å²) in [4.78, 5) is 11.1. The molecule has 0 saturated carbocycles. The smallest absolute Gasteiger partial charge is 0.270 e. The first kappa shape index (κ1) is 10.3. The Labute approximate surface area is 91.5 Å². The van der Waals surface area contributed by atoms with Crippen molar-refractivity contribution in [2.75, 3.05) is 18.5 Å². The van der Waals surface area contributed by atoms with Crippen molar-refractivity contribution in [1.82, 2.24) is 0 Å². The molecule has 6 nitrogen and oxygen atoms in total. The summed E-state index contributed by atoms with van der Waals surface area (Å²) >= 11 is 0. The normalized spacial score (nSPS) is 13.8. The Morgan fingerprint density at radius 3 is 2.88 bits per heavy atom. The van der Waals surface area contributed by atoms with Crippen molar-refractivity contribution in [3.05, 3.63) is 18.2 Å². The van der Waals surface area contributed by atoms with Gasteiger partial charge in [-0.15, -0.1) is 0 Å². The predicted octanol–water partition coefficient (Wildman–Crippen LogP) is 0.856. The van der Waals surface area contributed by atoms with Crippen molar-refractivity contribution in [2.24, 2.45) is 5.16 Å². The summed E-state index contributed by atoms with van der Waals surface area (Å²) in [7, 11) is 0. The molecule has 0 saturated heterocycles. The lowest BCUT2D eigenvalue weighted by Crippen LogP contribution is -2.16. The number of carbonyl (C=O) groups is 1. The number of carbonyl (C=O) groups excluding carboxylic acids is 1. The number of amides is 1. The van der Waals surface area contributed by atoms with E-state index in [-0.39, 0.29) is 0 Å². The molecule has 1 aromatic carbocycles. The molecule has 1 aliphatic rings. The van der Waals surface area contributed by atoms with Gasteiger partial charge in [0.25, 0.3) is 5.91 Å². The fourth-order valence-corrected chi connectivity index (χ4v) is 1.35. The van der Waals surface area contributed by atoms with Gasteiger partial charge in [0.05, 0.1) is 0 Å². The van der Waals surface area contributed by atoms with Crippen molar-refractivity contribution in [1.29, 1.82) is 0 Å². The Hall–Kier alpha value is -2.24. The highest BCUT2D eigenvalue weighted by molar-refractivity contribution is 6.31. The summed E-state index contributed by atoms with van der Waals surface area (Å²) in [5.41, 5.74) is 0.550. The van der Waals surface area contributed by atoms with Crippen LogP contribution in [-0.4, -0.2) is 30.5 Å². The maximum Gasteiger partial charge on any atom is 0.270 e. The molecular formula is C10H10N2O4. The molecule has 1 amide bonds. The SMILES string of the molecule is O=C(C=NO)Nc1ccc2c(c1)OCCO2. The van der Waals surface area contributed by atoms with Crippen molar-refractivity contribution in [3.63, 3.8) is 0 Å². The Morgan fingerprint density at radius 2 is 2.12 bits per heavy atom. The number of ether oxygens (including phenoxy) is 2. The van der Waals surface area contributed by atoms with Crippen molar-refractivity contribution < 1.29 is 19.5 Å². The fraction of sp³-hybridized carbons (Fsp3) is 0.200. The molecule has 1 heterocycles. The fourth-order valence-electron chi connectivity index (χ4n) is 1.35. The number of anilines is 1. The van der Waals surface area contributed by atoms with E-state index in [2.05, 4.69) is 10.5 Å². The second kappa shape index (κ2) is 4.52. The number of hydrogen-bond acceptors (Lipinski definition) is 5. The van der Waals surface area contributed by atoms with Crippen molar-refractivity contribution in [3.8, 4) is 11.5 Å². The van der Waals surface area contributed by atoms with Gasteiger partial charge in [-0.05, 0) is 12.1 Å². The summed E-state index contributed by atoms with van der Waals surface area (Å²) in [5.74, 6) is 0.726. The average molecular weight is 222 g/mol. The minimum absolute atomic E-state index is 0.489. The number of nitrogens with one attached hydrogen (secondary N) is 1. The molecular weight excluding hydrogens is 212 g/mol. The third-order valence-electron chi connectivity index (χ3n) is 1.98. The number of hydrogen-bond donors (Lipinski definition) is 2. The lowest BCUT2D eigenvalue weighted by atomic mass is 10.2. The molecule has 1 aliphatic heterocycles.